The van der Waals surface area contributed by atoms with Crippen molar-refractivity contribution in [2.45, 2.75) is 32.2 Å². The molecule has 4 heteroatoms. The molecule has 102 valence electrons. The molecule has 0 aliphatic carbocycles. The molecule has 2 aromatic rings. The molecule has 0 radical (unpaired) electrons. The average Bonchev–Trinajstić information content (AvgIpc) is 2.85. The average molecular weight is 258 g/mol. The summed E-state index contributed by atoms with van der Waals surface area (Å²) in [6, 6.07) is 11.0. The summed E-state index contributed by atoms with van der Waals surface area (Å²) >= 11 is 0. The van der Waals surface area contributed by atoms with Gasteiger partial charge in [0, 0.05) is 7.05 Å². The van der Waals surface area contributed by atoms with E-state index in [1.165, 1.54) is 5.56 Å². The summed E-state index contributed by atoms with van der Waals surface area (Å²) < 4.78 is 1.86. The summed E-state index contributed by atoms with van der Waals surface area (Å²) in [6.45, 7) is 3.09. The third kappa shape index (κ3) is 3.89. The molecular formula is C15H22N4. The molecule has 0 fully saturated rings. The Labute approximate surface area is 114 Å². The Morgan fingerprint density at radius 3 is 2.68 bits per heavy atom. The molecule has 4 nitrogen and oxygen atoms in total. The fourth-order valence-electron chi connectivity index (χ4n) is 2.37. The zero-order valence-corrected chi connectivity index (χ0v) is 11.7. The number of benzene rings is 1. The van der Waals surface area contributed by atoms with E-state index in [2.05, 4.69) is 52.9 Å². The first-order chi connectivity index (χ1) is 9.31. The lowest BCUT2D eigenvalue weighted by Gasteiger charge is -2.17. The minimum Gasteiger partial charge on any atom is -0.309 e. The molecule has 1 atom stereocenters. The van der Waals surface area contributed by atoms with E-state index < -0.39 is 0 Å². The van der Waals surface area contributed by atoms with Crippen molar-refractivity contribution in [3.8, 4) is 0 Å². The first-order valence-corrected chi connectivity index (χ1v) is 6.93. The van der Waals surface area contributed by atoms with Gasteiger partial charge in [-0.05, 0) is 31.4 Å². The maximum atomic E-state index is 4.01. The molecule has 0 spiro atoms. The van der Waals surface area contributed by atoms with E-state index in [1.807, 2.05) is 17.9 Å². The minimum absolute atomic E-state index is 0.341. The molecule has 0 amide bonds. The van der Waals surface area contributed by atoms with Gasteiger partial charge >= 0.3 is 0 Å². The molecule has 0 aliphatic heterocycles. The van der Waals surface area contributed by atoms with Crippen LogP contribution in [0.1, 0.15) is 37.1 Å². The van der Waals surface area contributed by atoms with Crippen LogP contribution in [0.4, 0.5) is 0 Å². The second-order valence-corrected chi connectivity index (χ2v) is 4.77. The number of nitrogens with zero attached hydrogens (tertiary/aromatic N) is 3. The lowest BCUT2D eigenvalue weighted by Crippen LogP contribution is -2.23. The summed E-state index contributed by atoms with van der Waals surface area (Å²) in [5.74, 6) is 0. The number of aryl methyl sites for hydroxylation is 2. The molecule has 1 aromatic heterocycles. The predicted molar refractivity (Wildman–Crippen MR) is 76.8 cm³/mol. The van der Waals surface area contributed by atoms with Crippen LogP contribution in [0.5, 0.6) is 0 Å². The minimum atomic E-state index is 0.341. The van der Waals surface area contributed by atoms with E-state index in [-0.39, 0.29) is 0 Å². The van der Waals surface area contributed by atoms with Crippen LogP contribution < -0.4 is 5.32 Å². The highest BCUT2D eigenvalue weighted by atomic mass is 15.4. The van der Waals surface area contributed by atoms with Gasteiger partial charge < -0.3 is 5.32 Å². The van der Waals surface area contributed by atoms with Crippen LogP contribution in [0.15, 0.2) is 36.5 Å². The van der Waals surface area contributed by atoms with Gasteiger partial charge in [0.25, 0.3) is 0 Å². The van der Waals surface area contributed by atoms with Crippen LogP contribution in [0, 0.1) is 0 Å². The Bertz CT molecular complexity index is 478. The normalized spacial score (nSPS) is 12.5. The molecule has 0 saturated heterocycles. The Morgan fingerprint density at radius 2 is 2.05 bits per heavy atom. The van der Waals surface area contributed by atoms with Gasteiger partial charge in [-0.3, -0.25) is 4.68 Å². The summed E-state index contributed by atoms with van der Waals surface area (Å²) in [4.78, 5) is 0. The Kier molecular flexibility index (Phi) is 5.10. The van der Waals surface area contributed by atoms with Crippen molar-refractivity contribution in [3.63, 3.8) is 0 Å². The molecule has 0 bridgehead atoms. The largest absolute Gasteiger partial charge is 0.309 e. The molecule has 1 N–H and O–H groups in total. The number of nitrogens with one attached hydrogen (secondary N) is 1. The third-order valence-electron chi connectivity index (χ3n) is 3.36. The zero-order chi connectivity index (χ0) is 13.5. The first-order valence-electron chi connectivity index (χ1n) is 6.93. The number of rotatable bonds is 7. The van der Waals surface area contributed by atoms with Crippen molar-refractivity contribution in [1.82, 2.24) is 20.3 Å². The van der Waals surface area contributed by atoms with Crippen LogP contribution in [0.25, 0.3) is 0 Å². The van der Waals surface area contributed by atoms with Crippen molar-refractivity contribution >= 4 is 0 Å². The summed E-state index contributed by atoms with van der Waals surface area (Å²) in [5, 5.41) is 11.5. The summed E-state index contributed by atoms with van der Waals surface area (Å²) in [6.07, 6.45) is 5.24. The van der Waals surface area contributed by atoms with Gasteiger partial charge in [0.2, 0.25) is 0 Å². The van der Waals surface area contributed by atoms with Crippen LogP contribution in [0.3, 0.4) is 0 Å². The maximum absolute atomic E-state index is 4.01. The smallest absolute Gasteiger partial charge is 0.0753 e. The van der Waals surface area contributed by atoms with Crippen LogP contribution in [-0.2, 0) is 13.5 Å². The van der Waals surface area contributed by atoms with Crippen molar-refractivity contribution in [3.05, 3.63) is 47.8 Å². The van der Waals surface area contributed by atoms with Gasteiger partial charge in [-0.15, -0.1) is 5.10 Å². The molecule has 1 heterocycles. The Hall–Kier alpha value is -1.68. The highest BCUT2D eigenvalue weighted by Gasteiger charge is 2.14. The van der Waals surface area contributed by atoms with Gasteiger partial charge in [-0.25, -0.2) is 0 Å². The zero-order valence-electron chi connectivity index (χ0n) is 11.7. The Morgan fingerprint density at radius 1 is 1.26 bits per heavy atom. The predicted octanol–water partition coefficient (Wildman–Crippen LogP) is 2.49. The lowest BCUT2D eigenvalue weighted by atomic mass is 10.0. The first kappa shape index (κ1) is 13.7. The molecule has 1 unspecified atom stereocenters. The SMILES string of the molecule is CCNC(CCCc1ccccc1)c1cnnn1C. The topological polar surface area (TPSA) is 42.7 Å². The Balaban J connectivity index is 1.89. The van der Waals surface area contributed by atoms with E-state index in [0.29, 0.717) is 6.04 Å². The quantitative estimate of drug-likeness (QED) is 0.829. The van der Waals surface area contributed by atoms with E-state index >= 15 is 0 Å². The van der Waals surface area contributed by atoms with Crippen molar-refractivity contribution in [2.24, 2.45) is 7.05 Å². The summed E-state index contributed by atoms with van der Waals surface area (Å²) in [5.41, 5.74) is 2.57. The van der Waals surface area contributed by atoms with Gasteiger partial charge in [0.1, 0.15) is 0 Å². The number of hydrogen-bond donors (Lipinski definition) is 1. The van der Waals surface area contributed by atoms with Gasteiger partial charge in [0.15, 0.2) is 0 Å². The fourth-order valence-corrected chi connectivity index (χ4v) is 2.37. The molecule has 19 heavy (non-hydrogen) atoms. The maximum Gasteiger partial charge on any atom is 0.0753 e. The van der Waals surface area contributed by atoms with Crippen molar-refractivity contribution < 1.29 is 0 Å². The molecular weight excluding hydrogens is 236 g/mol. The fraction of sp³-hybridized carbons (Fsp3) is 0.467. The summed E-state index contributed by atoms with van der Waals surface area (Å²) in [7, 11) is 1.95. The van der Waals surface area contributed by atoms with E-state index in [0.717, 1.165) is 31.5 Å². The highest BCUT2D eigenvalue weighted by molar-refractivity contribution is 5.14. The highest BCUT2D eigenvalue weighted by Crippen LogP contribution is 2.18. The molecule has 0 saturated carbocycles. The number of aromatic nitrogens is 3. The van der Waals surface area contributed by atoms with Gasteiger partial charge in [-0.2, -0.15) is 0 Å². The molecule has 0 aliphatic rings. The van der Waals surface area contributed by atoms with E-state index in [9.17, 15) is 0 Å². The second kappa shape index (κ2) is 7.04. The van der Waals surface area contributed by atoms with Gasteiger partial charge in [0.05, 0.1) is 17.9 Å². The van der Waals surface area contributed by atoms with Crippen molar-refractivity contribution in [2.75, 3.05) is 6.54 Å². The lowest BCUT2D eigenvalue weighted by molar-refractivity contribution is 0.466. The molecule has 2 rings (SSSR count). The van der Waals surface area contributed by atoms with Crippen LogP contribution in [-0.4, -0.2) is 21.5 Å². The van der Waals surface area contributed by atoms with E-state index in [1.54, 1.807) is 0 Å². The standard InChI is InChI=1S/C15H22N4/c1-3-16-14(15-12-17-18-19(15)2)11-7-10-13-8-5-4-6-9-13/h4-6,8-9,12,14,16H,3,7,10-11H2,1-2H3. The van der Waals surface area contributed by atoms with E-state index in [4.69, 9.17) is 0 Å². The monoisotopic (exact) mass is 258 g/mol. The molecule has 1 aromatic carbocycles. The number of hydrogen-bond acceptors (Lipinski definition) is 3. The van der Waals surface area contributed by atoms with Gasteiger partial charge in [-0.1, -0.05) is 42.5 Å². The third-order valence-corrected chi connectivity index (χ3v) is 3.36. The van der Waals surface area contributed by atoms with Crippen LogP contribution in [0.2, 0.25) is 0 Å². The second-order valence-electron chi connectivity index (χ2n) is 4.77. The van der Waals surface area contributed by atoms with Crippen molar-refractivity contribution in [1.29, 1.82) is 0 Å². The van der Waals surface area contributed by atoms with Crippen LogP contribution >= 0.6 is 0 Å².